The van der Waals surface area contributed by atoms with Crippen molar-refractivity contribution in [1.82, 2.24) is 19.4 Å². The Bertz CT molecular complexity index is 1040. The van der Waals surface area contributed by atoms with Crippen molar-refractivity contribution in [2.24, 2.45) is 0 Å². The standard InChI is InChI=1S/C19H16FIN4O/c20-14-9-11(1-2-12(14)10-21)15-16-18(23-6-5-22-16)25-8-7-24(13-3-4-13)19(26)17(15)25/h1-2,5-6,9,13H,3-4,7-8,10H2. The highest BCUT2D eigenvalue weighted by atomic mass is 127. The highest BCUT2D eigenvalue weighted by Gasteiger charge is 2.39. The predicted molar refractivity (Wildman–Crippen MR) is 105 cm³/mol. The molecule has 1 aliphatic heterocycles. The summed E-state index contributed by atoms with van der Waals surface area (Å²) >= 11 is 2.15. The first-order chi connectivity index (χ1) is 12.7. The summed E-state index contributed by atoms with van der Waals surface area (Å²) < 4.78 is 17.0. The molecular formula is C19H16FIN4O. The lowest BCUT2D eigenvalue weighted by Crippen LogP contribution is -2.41. The maximum Gasteiger partial charge on any atom is 0.271 e. The molecule has 3 aromatic rings. The number of amides is 1. The van der Waals surface area contributed by atoms with Crippen LogP contribution in [0.15, 0.2) is 30.6 Å². The minimum atomic E-state index is -0.254. The van der Waals surface area contributed by atoms with Gasteiger partial charge in [-0.1, -0.05) is 34.7 Å². The van der Waals surface area contributed by atoms with E-state index >= 15 is 0 Å². The lowest BCUT2D eigenvalue weighted by atomic mass is 10.0. The first kappa shape index (κ1) is 16.2. The van der Waals surface area contributed by atoms with Gasteiger partial charge in [-0.05, 0) is 30.0 Å². The Balaban J connectivity index is 1.77. The van der Waals surface area contributed by atoms with Crippen LogP contribution in [0.3, 0.4) is 0 Å². The first-order valence-corrected chi connectivity index (χ1v) is 10.2. The molecule has 0 saturated heterocycles. The smallest absolute Gasteiger partial charge is 0.271 e. The summed E-state index contributed by atoms with van der Waals surface area (Å²) in [6.45, 7) is 1.39. The first-order valence-electron chi connectivity index (χ1n) is 8.68. The Hall–Kier alpha value is -2.03. The zero-order valence-corrected chi connectivity index (χ0v) is 16.1. The van der Waals surface area contributed by atoms with E-state index in [1.807, 2.05) is 15.5 Å². The molecule has 0 N–H and O–H groups in total. The second-order valence-electron chi connectivity index (χ2n) is 6.77. The van der Waals surface area contributed by atoms with Gasteiger partial charge in [0.2, 0.25) is 0 Å². The Morgan fingerprint density at radius 2 is 2.00 bits per heavy atom. The van der Waals surface area contributed by atoms with Gasteiger partial charge in [0.25, 0.3) is 5.91 Å². The molecule has 2 aromatic heterocycles. The van der Waals surface area contributed by atoms with Crippen molar-refractivity contribution >= 4 is 39.7 Å². The van der Waals surface area contributed by atoms with Crippen LogP contribution in [0.1, 0.15) is 28.9 Å². The normalized spacial score (nSPS) is 17.0. The molecule has 0 bridgehead atoms. The van der Waals surface area contributed by atoms with Crippen LogP contribution < -0.4 is 0 Å². The molecule has 1 fully saturated rings. The van der Waals surface area contributed by atoms with E-state index in [1.54, 1.807) is 18.5 Å². The van der Waals surface area contributed by atoms with Gasteiger partial charge in [-0.3, -0.25) is 9.78 Å². The largest absolute Gasteiger partial charge is 0.333 e. The summed E-state index contributed by atoms with van der Waals surface area (Å²) in [4.78, 5) is 24.1. The van der Waals surface area contributed by atoms with Crippen molar-refractivity contribution in [1.29, 1.82) is 0 Å². The van der Waals surface area contributed by atoms with E-state index in [1.165, 1.54) is 6.07 Å². The number of fused-ring (bicyclic) bond motifs is 3. The van der Waals surface area contributed by atoms with Crippen molar-refractivity contribution in [3.63, 3.8) is 0 Å². The SMILES string of the molecule is O=C1c2c(-c3ccc(CI)c(F)c3)c3nccnc3n2CCN1C1CC1. The fraction of sp³-hybridized carbons (Fsp3) is 0.316. The molecule has 132 valence electrons. The van der Waals surface area contributed by atoms with Gasteiger partial charge < -0.3 is 9.47 Å². The Morgan fingerprint density at radius 3 is 2.73 bits per heavy atom. The zero-order valence-electron chi connectivity index (χ0n) is 14.0. The van der Waals surface area contributed by atoms with Crippen molar-refractivity contribution in [2.45, 2.75) is 29.9 Å². The van der Waals surface area contributed by atoms with E-state index in [4.69, 9.17) is 0 Å². The molecule has 5 nitrogen and oxygen atoms in total. The monoisotopic (exact) mass is 462 g/mol. The topological polar surface area (TPSA) is 51.0 Å². The van der Waals surface area contributed by atoms with E-state index in [2.05, 4.69) is 32.6 Å². The molecule has 7 heteroatoms. The maximum absolute atomic E-state index is 14.4. The highest BCUT2D eigenvalue weighted by molar-refractivity contribution is 14.1. The summed E-state index contributed by atoms with van der Waals surface area (Å²) in [5, 5.41) is 0. The lowest BCUT2D eigenvalue weighted by Gasteiger charge is -2.29. The van der Waals surface area contributed by atoms with E-state index in [-0.39, 0.29) is 11.7 Å². The molecule has 5 rings (SSSR count). The van der Waals surface area contributed by atoms with E-state index in [9.17, 15) is 9.18 Å². The van der Waals surface area contributed by atoms with Gasteiger partial charge in [-0.15, -0.1) is 0 Å². The second-order valence-corrected chi connectivity index (χ2v) is 7.54. The number of nitrogens with zero attached hydrogens (tertiary/aromatic N) is 4. The summed E-state index contributed by atoms with van der Waals surface area (Å²) in [5.74, 6) is -0.247. The number of carbonyl (C=O) groups is 1. The van der Waals surface area contributed by atoms with Gasteiger partial charge >= 0.3 is 0 Å². The van der Waals surface area contributed by atoms with Gasteiger partial charge in [0.05, 0.1) is 0 Å². The fourth-order valence-electron chi connectivity index (χ4n) is 3.76. The van der Waals surface area contributed by atoms with E-state index in [0.29, 0.717) is 57.1 Å². The van der Waals surface area contributed by atoms with E-state index in [0.717, 1.165) is 12.8 Å². The molecule has 0 atom stereocenters. The van der Waals surface area contributed by atoms with Crippen LogP contribution in [-0.4, -0.2) is 37.9 Å². The minimum absolute atomic E-state index is 0.00641. The third-order valence-corrected chi connectivity index (χ3v) is 6.00. The van der Waals surface area contributed by atoms with Crippen LogP contribution in [0.25, 0.3) is 22.3 Å². The number of aromatic nitrogens is 3. The molecule has 1 amide bonds. The molecular weight excluding hydrogens is 446 g/mol. The van der Waals surface area contributed by atoms with Crippen molar-refractivity contribution in [3.8, 4) is 11.1 Å². The number of carbonyl (C=O) groups excluding carboxylic acids is 1. The lowest BCUT2D eigenvalue weighted by molar-refractivity contribution is 0.0693. The minimum Gasteiger partial charge on any atom is -0.333 e. The van der Waals surface area contributed by atoms with Crippen molar-refractivity contribution in [2.75, 3.05) is 6.54 Å². The van der Waals surface area contributed by atoms with Crippen LogP contribution in [0.4, 0.5) is 4.39 Å². The molecule has 3 heterocycles. The number of alkyl halides is 1. The van der Waals surface area contributed by atoms with Crippen LogP contribution in [0, 0.1) is 5.82 Å². The van der Waals surface area contributed by atoms with E-state index < -0.39 is 0 Å². The third-order valence-electron chi connectivity index (χ3n) is 5.18. The summed E-state index contributed by atoms with van der Waals surface area (Å²) in [6, 6.07) is 5.53. The predicted octanol–water partition coefficient (Wildman–Crippen LogP) is 3.79. The summed E-state index contributed by atoms with van der Waals surface area (Å²) in [5.41, 5.74) is 3.98. The third kappa shape index (κ3) is 2.36. The van der Waals surface area contributed by atoms with Crippen LogP contribution in [0.5, 0.6) is 0 Å². The number of benzene rings is 1. The summed E-state index contributed by atoms with van der Waals surface area (Å²) in [6.07, 6.45) is 5.39. The molecule has 0 radical (unpaired) electrons. The second kappa shape index (κ2) is 6.00. The molecule has 1 aromatic carbocycles. The Kier molecular flexibility index (Phi) is 3.73. The Labute approximate surface area is 163 Å². The molecule has 1 aliphatic carbocycles. The van der Waals surface area contributed by atoms with Gasteiger partial charge in [-0.25, -0.2) is 9.37 Å². The van der Waals surface area contributed by atoms with Crippen molar-refractivity contribution in [3.05, 3.63) is 47.7 Å². The number of rotatable bonds is 3. The fourth-order valence-corrected chi connectivity index (χ4v) is 4.38. The average molecular weight is 462 g/mol. The van der Waals surface area contributed by atoms with Gasteiger partial charge in [0.15, 0.2) is 5.65 Å². The summed E-state index contributed by atoms with van der Waals surface area (Å²) in [7, 11) is 0. The maximum atomic E-state index is 14.4. The highest BCUT2D eigenvalue weighted by Crippen LogP contribution is 2.38. The molecule has 0 unspecified atom stereocenters. The van der Waals surface area contributed by atoms with Crippen molar-refractivity contribution < 1.29 is 9.18 Å². The molecule has 0 spiro atoms. The molecule has 1 saturated carbocycles. The zero-order chi connectivity index (χ0) is 17.8. The van der Waals surface area contributed by atoms with Crippen LogP contribution in [-0.2, 0) is 11.0 Å². The molecule has 2 aliphatic rings. The number of hydrogen-bond acceptors (Lipinski definition) is 3. The quantitative estimate of drug-likeness (QED) is 0.440. The van der Waals surface area contributed by atoms with Gasteiger partial charge in [-0.2, -0.15) is 0 Å². The van der Waals surface area contributed by atoms with Gasteiger partial charge in [0, 0.05) is 41.5 Å². The average Bonchev–Trinajstić information content (AvgIpc) is 3.43. The number of hydrogen-bond donors (Lipinski definition) is 0. The van der Waals surface area contributed by atoms with Gasteiger partial charge in [0.1, 0.15) is 17.0 Å². The van der Waals surface area contributed by atoms with Crippen LogP contribution in [0.2, 0.25) is 0 Å². The number of halogens is 2. The molecule has 26 heavy (non-hydrogen) atoms. The Morgan fingerprint density at radius 1 is 1.19 bits per heavy atom. The van der Waals surface area contributed by atoms with Crippen LogP contribution >= 0.6 is 22.6 Å².